The van der Waals surface area contributed by atoms with Crippen molar-refractivity contribution in [3.05, 3.63) is 107 Å². The molecule has 3 aromatic rings. The van der Waals surface area contributed by atoms with Crippen molar-refractivity contribution in [1.29, 1.82) is 0 Å². The number of nitrogens with zero attached hydrogens (tertiary/aromatic N) is 1. The van der Waals surface area contributed by atoms with Crippen molar-refractivity contribution >= 4 is 0 Å². The Hall–Kier alpha value is -2.60. The average molecular weight is 508 g/mol. The van der Waals surface area contributed by atoms with Gasteiger partial charge >= 0.3 is 0 Å². The summed E-state index contributed by atoms with van der Waals surface area (Å²) in [4.78, 5) is 2.38. The SMILES string of the molecule is CC(C)(C)c1ccc(C(O)CCCN2CCC(C(O)(c3ccc(F)cc3)c3ccc(F)cc3)CC2)cc1. The van der Waals surface area contributed by atoms with Gasteiger partial charge in [-0.2, -0.15) is 0 Å². The number of halogens is 2. The van der Waals surface area contributed by atoms with Gasteiger partial charge in [-0.25, -0.2) is 8.78 Å². The molecule has 4 rings (SSSR count). The Morgan fingerprint density at radius 1 is 0.784 bits per heavy atom. The quantitative estimate of drug-likeness (QED) is 0.356. The van der Waals surface area contributed by atoms with E-state index >= 15 is 0 Å². The summed E-state index contributed by atoms with van der Waals surface area (Å²) in [5.41, 5.74) is 2.24. The average Bonchev–Trinajstić information content (AvgIpc) is 2.89. The van der Waals surface area contributed by atoms with Gasteiger partial charge in [0.1, 0.15) is 17.2 Å². The molecular formula is C32H39F2NO2. The highest BCUT2D eigenvalue weighted by atomic mass is 19.1. The molecule has 0 aromatic heterocycles. The molecule has 1 heterocycles. The molecular weight excluding hydrogens is 468 g/mol. The van der Waals surface area contributed by atoms with Crippen molar-refractivity contribution in [3.8, 4) is 0 Å². The minimum atomic E-state index is -1.32. The van der Waals surface area contributed by atoms with Gasteiger partial charge in [-0.05, 0) is 103 Å². The van der Waals surface area contributed by atoms with Gasteiger partial charge in [-0.1, -0.05) is 69.3 Å². The number of rotatable bonds is 8. The lowest BCUT2D eigenvalue weighted by Crippen LogP contribution is -2.44. The van der Waals surface area contributed by atoms with E-state index in [1.54, 1.807) is 24.3 Å². The first kappa shape index (κ1) is 27.4. The van der Waals surface area contributed by atoms with Crippen LogP contribution in [0.1, 0.15) is 74.8 Å². The molecule has 3 nitrogen and oxygen atoms in total. The summed E-state index contributed by atoms with van der Waals surface area (Å²) in [7, 11) is 0. The Balaban J connectivity index is 1.35. The highest BCUT2D eigenvalue weighted by molar-refractivity contribution is 5.37. The minimum absolute atomic E-state index is 0.0772. The first-order chi connectivity index (χ1) is 17.6. The van der Waals surface area contributed by atoms with Gasteiger partial charge < -0.3 is 15.1 Å². The number of benzene rings is 3. The second-order valence-electron chi connectivity index (χ2n) is 11.4. The van der Waals surface area contributed by atoms with Gasteiger partial charge in [0.25, 0.3) is 0 Å². The topological polar surface area (TPSA) is 43.7 Å². The molecule has 0 bridgehead atoms. The predicted molar refractivity (Wildman–Crippen MR) is 144 cm³/mol. The highest BCUT2D eigenvalue weighted by Gasteiger charge is 2.41. The van der Waals surface area contributed by atoms with Gasteiger partial charge in [0.2, 0.25) is 0 Å². The Labute approximate surface area is 219 Å². The zero-order chi connectivity index (χ0) is 26.6. The summed E-state index contributed by atoms with van der Waals surface area (Å²) in [6.45, 7) is 9.08. The number of aliphatic hydroxyl groups excluding tert-OH is 1. The van der Waals surface area contributed by atoms with E-state index in [0.717, 1.165) is 44.5 Å². The van der Waals surface area contributed by atoms with E-state index in [-0.39, 0.29) is 23.0 Å². The smallest absolute Gasteiger partial charge is 0.123 e. The van der Waals surface area contributed by atoms with E-state index in [0.29, 0.717) is 17.5 Å². The molecule has 2 N–H and O–H groups in total. The lowest BCUT2D eigenvalue weighted by molar-refractivity contribution is -0.0147. The fourth-order valence-corrected chi connectivity index (χ4v) is 5.50. The van der Waals surface area contributed by atoms with E-state index < -0.39 is 11.7 Å². The molecule has 1 atom stereocenters. The van der Waals surface area contributed by atoms with Crippen LogP contribution in [-0.2, 0) is 11.0 Å². The zero-order valence-corrected chi connectivity index (χ0v) is 22.1. The molecule has 3 aromatic carbocycles. The molecule has 1 fully saturated rings. The number of hydrogen-bond acceptors (Lipinski definition) is 3. The number of piperidine rings is 1. The standard InChI is InChI=1S/C32H39F2NO2/c1-31(2,3)24-8-6-23(7-9-24)30(36)5-4-20-35-21-18-27(19-22-35)32(37,25-10-14-28(33)15-11-25)26-12-16-29(34)17-13-26/h6-17,27,30,36-37H,4-5,18-22H2,1-3H3. The van der Waals surface area contributed by atoms with Crippen molar-refractivity contribution in [3.63, 3.8) is 0 Å². The van der Waals surface area contributed by atoms with E-state index in [1.807, 2.05) is 12.1 Å². The summed E-state index contributed by atoms with van der Waals surface area (Å²) in [6.07, 6.45) is 2.63. The maximum absolute atomic E-state index is 13.6. The van der Waals surface area contributed by atoms with Crippen molar-refractivity contribution in [2.45, 2.75) is 63.6 Å². The lowest BCUT2D eigenvalue weighted by atomic mass is 9.72. The summed E-state index contributed by atoms with van der Waals surface area (Å²) in [5.74, 6) is -0.786. The van der Waals surface area contributed by atoms with Crippen LogP contribution < -0.4 is 0 Å². The highest BCUT2D eigenvalue weighted by Crippen LogP contribution is 2.42. The largest absolute Gasteiger partial charge is 0.388 e. The second-order valence-corrected chi connectivity index (χ2v) is 11.4. The monoisotopic (exact) mass is 507 g/mol. The molecule has 1 saturated heterocycles. The van der Waals surface area contributed by atoms with Gasteiger partial charge in [-0.3, -0.25) is 0 Å². The molecule has 1 aliphatic heterocycles. The normalized spacial score (nSPS) is 16.6. The van der Waals surface area contributed by atoms with Crippen LogP contribution in [-0.4, -0.2) is 34.7 Å². The fourth-order valence-electron chi connectivity index (χ4n) is 5.50. The van der Waals surface area contributed by atoms with Crippen LogP contribution in [0.4, 0.5) is 8.78 Å². The molecule has 1 aliphatic rings. The zero-order valence-electron chi connectivity index (χ0n) is 22.1. The van der Waals surface area contributed by atoms with Crippen LogP contribution >= 0.6 is 0 Å². The lowest BCUT2D eigenvalue weighted by Gasteiger charge is -2.42. The van der Waals surface area contributed by atoms with Gasteiger partial charge in [0.15, 0.2) is 0 Å². The third kappa shape index (κ3) is 6.46. The molecule has 0 saturated carbocycles. The fraction of sp³-hybridized carbons (Fsp3) is 0.438. The number of hydrogen-bond donors (Lipinski definition) is 2. The van der Waals surface area contributed by atoms with Crippen molar-refractivity contribution in [2.24, 2.45) is 5.92 Å². The summed E-state index contributed by atoms with van der Waals surface area (Å²) >= 11 is 0. The predicted octanol–water partition coefficient (Wildman–Crippen LogP) is 6.72. The molecule has 198 valence electrons. The van der Waals surface area contributed by atoms with Gasteiger partial charge in [0.05, 0.1) is 6.10 Å². The Bertz CT molecular complexity index is 1080. The molecule has 37 heavy (non-hydrogen) atoms. The van der Waals surface area contributed by atoms with E-state index in [9.17, 15) is 19.0 Å². The van der Waals surface area contributed by atoms with E-state index in [4.69, 9.17) is 0 Å². The third-order valence-electron chi connectivity index (χ3n) is 7.86. The van der Waals surface area contributed by atoms with E-state index in [1.165, 1.54) is 29.8 Å². The molecule has 1 unspecified atom stereocenters. The van der Waals surface area contributed by atoms with Crippen LogP contribution in [0.25, 0.3) is 0 Å². The Morgan fingerprint density at radius 3 is 1.70 bits per heavy atom. The summed E-state index contributed by atoms with van der Waals surface area (Å²) in [6, 6.07) is 20.2. The Morgan fingerprint density at radius 2 is 1.24 bits per heavy atom. The van der Waals surface area contributed by atoms with Crippen LogP contribution in [0.2, 0.25) is 0 Å². The van der Waals surface area contributed by atoms with E-state index in [2.05, 4.69) is 37.8 Å². The van der Waals surface area contributed by atoms with Crippen LogP contribution in [0.5, 0.6) is 0 Å². The first-order valence-electron chi connectivity index (χ1n) is 13.3. The number of likely N-dealkylation sites (tertiary alicyclic amines) is 1. The minimum Gasteiger partial charge on any atom is -0.388 e. The van der Waals surface area contributed by atoms with Crippen LogP contribution in [0, 0.1) is 17.6 Å². The van der Waals surface area contributed by atoms with Crippen molar-refractivity contribution in [2.75, 3.05) is 19.6 Å². The van der Waals surface area contributed by atoms with Crippen molar-refractivity contribution < 1.29 is 19.0 Å². The maximum atomic E-state index is 13.6. The van der Waals surface area contributed by atoms with Gasteiger partial charge in [-0.15, -0.1) is 0 Å². The molecule has 0 radical (unpaired) electrons. The first-order valence-corrected chi connectivity index (χ1v) is 13.3. The third-order valence-corrected chi connectivity index (χ3v) is 7.86. The molecule has 0 aliphatic carbocycles. The summed E-state index contributed by atoms with van der Waals surface area (Å²) < 4.78 is 27.2. The molecule has 0 amide bonds. The van der Waals surface area contributed by atoms with Crippen LogP contribution in [0.3, 0.4) is 0 Å². The Kier molecular flexibility index (Phi) is 8.47. The number of aliphatic hydroxyl groups is 2. The van der Waals surface area contributed by atoms with Crippen LogP contribution in [0.15, 0.2) is 72.8 Å². The molecule has 0 spiro atoms. The maximum Gasteiger partial charge on any atom is 0.123 e. The summed E-state index contributed by atoms with van der Waals surface area (Å²) in [5, 5.41) is 22.7. The van der Waals surface area contributed by atoms with Crippen molar-refractivity contribution in [1.82, 2.24) is 4.90 Å². The van der Waals surface area contributed by atoms with Gasteiger partial charge in [0, 0.05) is 0 Å². The second kappa shape index (κ2) is 11.4. The molecule has 5 heteroatoms.